The number of nitriles is 1. The summed E-state index contributed by atoms with van der Waals surface area (Å²) in [6, 6.07) is 4.18. The van der Waals surface area contributed by atoms with E-state index in [-0.39, 0.29) is 5.92 Å². The van der Waals surface area contributed by atoms with Crippen molar-refractivity contribution < 1.29 is 0 Å². The fourth-order valence-electron chi connectivity index (χ4n) is 1.57. The van der Waals surface area contributed by atoms with Crippen LogP contribution in [0.5, 0.6) is 0 Å². The molecule has 0 amide bonds. The summed E-state index contributed by atoms with van der Waals surface area (Å²) < 4.78 is 0. The fraction of sp³-hybridized carbons (Fsp3) is 0.500. The highest BCUT2D eigenvalue weighted by atomic mass is 15.3. The van der Waals surface area contributed by atoms with Crippen LogP contribution in [0.4, 0.5) is 5.95 Å². The van der Waals surface area contributed by atoms with Crippen molar-refractivity contribution in [3.05, 3.63) is 17.5 Å². The molecule has 0 radical (unpaired) electrons. The molecule has 0 atom stereocenters. The van der Waals surface area contributed by atoms with Crippen molar-refractivity contribution in [2.75, 3.05) is 18.0 Å². The maximum absolute atomic E-state index is 8.64. The Bertz CT molecular complexity index is 367. The van der Waals surface area contributed by atoms with Crippen molar-refractivity contribution >= 4 is 5.95 Å². The average molecular weight is 188 g/mol. The molecule has 1 aliphatic rings. The highest BCUT2D eigenvalue weighted by Gasteiger charge is 2.28. The molecule has 0 spiro atoms. The molecule has 0 aliphatic carbocycles. The van der Waals surface area contributed by atoms with Gasteiger partial charge in [-0.2, -0.15) is 5.26 Å². The second-order valence-corrected chi connectivity index (χ2v) is 3.68. The van der Waals surface area contributed by atoms with Crippen molar-refractivity contribution in [3.8, 4) is 6.07 Å². The third kappa shape index (κ3) is 1.53. The molecule has 1 saturated heterocycles. The first-order valence-electron chi connectivity index (χ1n) is 4.66. The summed E-state index contributed by atoms with van der Waals surface area (Å²) in [5, 5.41) is 8.64. The molecule has 2 rings (SSSR count). The Morgan fingerprint density at radius 3 is 2.43 bits per heavy atom. The lowest BCUT2D eigenvalue weighted by Crippen LogP contribution is -2.47. The van der Waals surface area contributed by atoms with Crippen LogP contribution in [0.1, 0.15) is 11.4 Å². The summed E-state index contributed by atoms with van der Waals surface area (Å²) in [5.41, 5.74) is 1.96. The maximum atomic E-state index is 8.64. The van der Waals surface area contributed by atoms with Gasteiger partial charge in [-0.1, -0.05) is 0 Å². The van der Waals surface area contributed by atoms with E-state index in [1.54, 1.807) is 0 Å². The molecule has 0 N–H and O–H groups in total. The zero-order valence-corrected chi connectivity index (χ0v) is 8.36. The highest BCUT2D eigenvalue weighted by molar-refractivity contribution is 5.37. The molecule has 4 heteroatoms. The molecule has 72 valence electrons. The number of aryl methyl sites for hydroxylation is 2. The van der Waals surface area contributed by atoms with Crippen LogP contribution in [-0.2, 0) is 0 Å². The number of hydrogen-bond acceptors (Lipinski definition) is 4. The average Bonchev–Trinajstić information content (AvgIpc) is 2.00. The molecule has 1 fully saturated rings. The van der Waals surface area contributed by atoms with Gasteiger partial charge in [0.1, 0.15) is 0 Å². The first-order chi connectivity index (χ1) is 6.69. The van der Waals surface area contributed by atoms with Gasteiger partial charge in [0.05, 0.1) is 12.0 Å². The van der Waals surface area contributed by atoms with E-state index in [0.717, 1.165) is 30.4 Å². The van der Waals surface area contributed by atoms with Crippen molar-refractivity contribution in [3.63, 3.8) is 0 Å². The van der Waals surface area contributed by atoms with Crippen molar-refractivity contribution in [2.24, 2.45) is 5.92 Å². The van der Waals surface area contributed by atoms with Crippen LogP contribution in [0.15, 0.2) is 6.07 Å². The van der Waals surface area contributed by atoms with Crippen LogP contribution in [-0.4, -0.2) is 23.1 Å². The van der Waals surface area contributed by atoms with Crippen LogP contribution in [0.3, 0.4) is 0 Å². The molecule has 0 bridgehead atoms. The van der Waals surface area contributed by atoms with Gasteiger partial charge in [0.2, 0.25) is 5.95 Å². The van der Waals surface area contributed by atoms with Crippen LogP contribution in [0, 0.1) is 31.1 Å². The lowest BCUT2D eigenvalue weighted by molar-refractivity contribution is 0.493. The van der Waals surface area contributed by atoms with Gasteiger partial charge in [-0.25, -0.2) is 9.97 Å². The van der Waals surface area contributed by atoms with Gasteiger partial charge in [0.15, 0.2) is 0 Å². The monoisotopic (exact) mass is 188 g/mol. The van der Waals surface area contributed by atoms with Gasteiger partial charge in [-0.3, -0.25) is 0 Å². The van der Waals surface area contributed by atoms with Gasteiger partial charge < -0.3 is 4.90 Å². The van der Waals surface area contributed by atoms with Gasteiger partial charge >= 0.3 is 0 Å². The van der Waals surface area contributed by atoms with Crippen LogP contribution in [0.2, 0.25) is 0 Å². The first kappa shape index (κ1) is 8.95. The fourth-order valence-corrected chi connectivity index (χ4v) is 1.57. The first-order valence-corrected chi connectivity index (χ1v) is 4.66. The molecule has 14 heavy (non-hydrogen) atoms. The van der Waals surface area contributed by atoms with E-state index in [4.69, 9.17) is 5.26 Å². The van der Waals surface area contributed by atoms with Gasteiger partial charge in [-0.15, -0.1) is 0 Å². The van der Waals surface area contributed by atoms with Gasteiger partial charge in [0.25, 0.3) is 0 Å². The van der Waals surface area contributed by atoms with E-state index in [1.165, 1.54) is 0 Å². The lowest BCUT2D eigenvalue weighted by Gasteiger charge is -2.35. The number of nitrogens with zero attached hydrogens (tertiary/aromatic N) is 4. The maximum Gasteiger partial charge on any atom is 0.225 e. The highest BCUT2D eigenvalue weighted by Crippen LogP contribution is 2.20. The van der Waals surface area contributed by atoms with E-state index < -0.39 is 0 Å². The number of aromatic nitrogens is 2. The van der Waals surface area contributed by atoms with Gasteiger partial charge in [-0.05, 0) is 19.9 Å². The zero-order valence-electron chi connectivity index (χ0n) is 8.36. The topological polar surface area (TPSA) is 52.8 Å². The summed E-state index contributed by atoms with van der Waals surface area (Å²) in [6.07, 6.45) is 0. The van der Waals surface area contributed by atoms with Crippen LogP contribution in [0.25, 0.3) is 0 Å². The summed E-state index contributed by atoms with van der Waals surface area (Å²) in [5.74, 6) is 0.911. The largest absolute Gasteiger partial charge is 0.338 e. The molecule has 0 saturated carbocycles. The van der Waals surface area contributed by atoms with Crippen LogP contribution < -0.4 is 4.90 Å². The molecule has 1 aromatic heterocycles. The third-order valence-electron chi connectivity index (χ3n) is 2.32. The van der Waals surface area contributed by atoms with E-state index in [1.807, 2.05) is 24.8 Å². The van der Waals surface area contributed by atoms with E-state index >= 15 is 0 Å². The second-order valence-electron chi connectivity index (χ2n) is 3.68. The number of rotatable bonds is 1. The standard InChI is InChI=1S/C10H12N4/c1-7-3-8(2)13-10(12-7)14-5-9(4-11)6-14/h3,9H,5-6H2,1-2H3. The Morgan fingerprint density at radius 2 is 1.93 bits per heavy atom. The van der Waals surface area contributed by atoms with Crippen molar-refractivity contribution in [1.82, 2.24) is 9.97 Å². The number of anilines is 1. The molecule has 1 aliphatic heterocycles. The van der Waals surface area contributed by atoms with E-state index in [0.29, 0.717) is 0 Å². The summed E-state index contributed by atoms with van der Waals surface area (Å²) >= 11 is 0. The van der Waals surface area contributed by atoms with E-state index in [2.05, 4.69) is 16.0 Å². The smallest absolute Gasteiger partial charge is 0.225 e. The lowest BCUT2D eigenvalue weighted by atomic mass is 10.0. The quantitative estimate of drug-likeness (QED) is 0.661. The molecular weight excluding hydrogens is 176 g/mol. The second kappa shape index (κ2) is 3.26. The molecule has 0 unspecified atom stereocenters. The Kier molecular flexibility index (Phi) is 2.08. The van der Waals surface area contributed by atoms with Crippen LogP contribution >= 0.6 is 0 Å². The predicted molar refractivity (Wildman–Crippen MR) is 52.8 cm³/mol. The minimum absolute atomic E-state index is 0.152. The Morgan fingerprint density at radius 1 is 1.36 bits per heavy atom. The Hall–Kier alpha value is -1.63. The molecule has 2 heterocycles. The minimum Gasteiger partial charge on any atom is -0.338 e. The van der Waals surface area contributed by atoms with Crippen molar-refractivity contribution in [2.45, 2.75) is 13.8 Å². The summed E-state index contributed by atoms with van der Waals surface area (Å²) in [4.78, 5) is 10.7. The SMILES string of the molecule is Cc1cc(C)nc(N2CC(C#N)C2)n1. The summed E-state index contributed by atoms with van der Waals surface area (Å²) in [7, 11) is 0. The Labute approximate surface area is 83.2 Å². The zero-order chi connectivity index (χ0) is 10.1. The minimum atomic E-state index is 0.152. The molecule has 4 nitrogen and oxygen atoms in total. The van der Waals surface area contributed by atoms with Crippen molar-refractivity contribution in [1.29, 1.82) is 5.26 Å². The van der Waals surface area contributed by atoms with E-state index in [9.17, 15) is 0 Å². The normalized spacial score (nSPS) is 16.2. The molecule has 1 aromatic rings. The predicted octanol–water partition coefficient (Wildman–Crippen LogP) is 1.05. The molecular formula is C10H12N4. The Balaban J connectivity index is 2.15. The molecule has 0 aromatic carbocycles. The third-order valence-corrected chi connectivity index (χ3v) is 2.32. The van der Waals surface area contributed by atoms with Gasteiger partial charge in [0, 0.05) is 24.5 Å². The summed E-state index contributed by atoms with van der Waals surface area (Å²) in [6.45, 7) is 5.44. The number of hydrogen-bond donors (Lipinski definition) is 0.